The van der Waals surface area contributed by atoms with E-state index >= 15 is 0 Å². The van der Waals surface area contributed by atoms with Crippen molar-refractivity contribution in [3.8, 4) is 50.8 Å². The Bertz CT molecular complexity index is 4080. The number of fused-ring (bicyclic) bond motifs is 14. The van der Waals surface area contributed by atoms with Crippen molar-refractivity contribution in [2.24, 2.45) is 0 Å². The van der Waals surface area contributed by atoms with Crippen LogP contribution in [-0.2, 0) is 0 Å². The summed E-state index contributed by atoms with van der Waals surface area (Å²) in [5, 5.41) is 20.6. The maximum Gasteiger partial charge on any atom is 0.145 e. The Morgan fingerprint density at radius 1 is 0.318 bits per heavy atom. The van der Waals surface area contributed by atoms with Gasteiger partial charge in [0.2, 0.25) is 0 Å². The largest absolute Gasteiger partial charge is 0.455 e. The summed E-state index contributed by atoms with van der Waals surface area (Å²) in [4.78, 5) is 0. The van der Waals surface area contributed by atoms with Gasteiger partial charge in [-0.25, -0.2) is 0 Å². The van der Waals surface area contributed by atoms with Gasteiger partial charge in [-0.3, -0.25) is 0 Å². The van der Waals surface area contributed by atoms with Crippen LogP contribution in [0.15, 0.2) is 221 Å². The summed E-state index contributed by atoms with van der Waals surface area (Å²) >= 11 is 0. The quantitative estimate of drug-likeness (QED) is 0.173. The first-order valence-electron chi connectivity index (χ1n) is 22.2. The zero-order valence-electron chi connectivity index (χ0n) is 35.4. The van der Waals surface area contributed by atoms with Gasteiger partial charge in [0.15, 0.2) is 0 Å². The molecule has 0 spiro atoms. The lowest BCUT2D eigenvalue weighted by Gasteiger charge is -2.27. The summed E-state index contributed by atoms with van der Waals surface area (Å²) in [7, 11) is 0. The monoisotopic (exact) mass is 841 g/mol. The van der Waals surface area contributed by atoms with Crippen molar-refractivity contribution in [1.82, 2.24) is 9.13 Å². The minimum atomic E-state index is 0.534. The molecule has 4 heterocycles. The van der Waals surface area contributed by atoms with Gasteiger partial charge >= 0.3 is 0 Å². The molecule has 0 unspecified atom stereocenters. The molecule has 0 aliphatic heterocycles. The second-order valence-electron chi connectivity index (χ2n) is 17.0. The van der Waals surface area contributed by atoms with Crippen molar-refractivity contribution in [2.75, 3.05) is 0 Å². The molecule has 0 fully saturated rings. The van der Waals surface area contributed by atoms with Crippen molar-refractivity contribution in [1.29, 1.82) is 5.26 Å². The van der Waals surface area contributed by atoms with E-state index in [1.807, 2.05) is 24.3 Å². The molecule has 0 aliphatic carbocycles. The van der Waals surface area contributed by atoms with Gasteiger partial charge < -0.3 is 18.0 Å². The molecule has 14 aromatic rings. The topological polar surface area (TPSA) is 59.9 Å². The Hall–Kier alpha value is -9.11. The smallest absolute Gasteiger partial charge is 0.145 e. The van der Waals surface area contributed by atoms with Crippen molar-refractivity contribution in [2.45, 2.75) is 0 Å². The molecule has 5 heteroatoms. The van der Waals surface area contributed by atoms with Gasteiger partial charge in [-0.1, -0.05) is 164 Å². The minimum Gasteiger partial charge on any atom is -0.455 e. The number of hydrogen-bond acceptors (Lipinski definition) is 3. The van der Waals surface area contributed by atoms with Crippen molar-refractivity contribution in [3.63, 3.8) is 0 Å². The minimum absolute atomic E-state index is 0.534. The lowest BCUT2D eigenvalue weighted by atomic mass is 9.82. The molecule has 306 valence electrons. The Morgan fingerprint density at radius 3 is 1.11 bits per heavy atom. The fraction of sp³-hybridized carbons (Fsp3) is 0. The third-order valence-electron chi connectivity index (χ3n) is 13.6. The van der Waals surface area contributed by atoms with Crippen LogP contribution < -0.4 is 0 Å². The van der Waals surface area contributed by atoms with Gasteiger partial charge in [0.25, 0.3) is 0 Å². The van der Waals surface area contributed by atoms with E-state index in [4.69, 9.17) is 8.83 Å². The van der Waals surface area contributed by atoms with Gasteiger partial charge in [-0.05, 0) is 65.2 Å². The van der Waals surface area contributed by atoms with Gasteiger partial charge in [0, 0.05) is 49.0 Å². The van der Waals surface area contributed by atoms with E-state index in [0.29, 0.717) is 5.56 Å². The molecule has 0 saturated carbocycles. The SMILES string of the molecule is N#Cc1c(-n2c3ccccc3c3c4oc5ccccc5c4ccc32)c(-c2ccccc2)c(-c2ccccc2)c(-c2ccccc2)c1-n1c2ccccc2c2c3oc4ccccc4c3ccc21. The second kappa shape index (κ2) is 13.9. The molecule has 0 radical (unpaired) electrons. The fourth-order valence-electron chi connectivity index (χ4n) is 10.9. The molecular formula is C61H35N3O2. The van der Waals surface area contributed by atoms with Crippen LogP contribution in [0.2, 0.25) is 0 Å². The van der Waals surface area contributed by atoms with Crippen molar-refractivity contribution >= 4 is 87.5 Å². The zero-order valence-corrected chi connectivity index (χ0v) is 35.4. The third-order valence-corrected chi connectivity index (χ3v) is 13.6. The molecule has 66 heavy (non-hydrogen) atoms. The fourth-order valence-corrected chi connectivity index (χ4v) is 10.9. The highest BCUT2D eigenvalue weighted by Crippen LogP contribution is 2.53. The number of hydrogen-bond donors (Lipinski definition) is 0. The molecule has 10 aromatic carbocycles. The number of benzene rings is 10. The molecule has 0 N–H and O–H groups in total. The normalized spacial score (nSPS) is 11.9. The molecule has 0 atom stereocenters. The molecule has 4 aromatic heterocycles. The number of nitriles is 1. The van der Waals surface area contributed by atoms with Gasteiger partial charge in [0.05, 0.1) is 44.2 Å². The van der Waals surface area contributed by atoms with Crippen LogP contribution >= 0.6 is 0 Å². The van der Waals surface area contributed by atoms with Gasteiger partial charge in [0.1, 0.15) is 34.0 Å². The highest BCUT2D eigenvalue weighted by molar-refractivity contribution is 6.26. The first kappa shape index (κ1) is 36.4. The Labute approximate surface area is 377 Å². The van der Waals surface area contributed by atoms with Crippen LogP contribution in [-0.4, -0.2) is 9.13 Å². The first-order chi connectivity index (χ1) is 32.8. The molecular weight excluding hydrogens is 807 g/mol. The standard InChI is InChI=1S/C61H35N3O2/c62-36-46-58(63-47-28-14-10-26-44(47)56-49(63)34-32-42-40-24-12-16-30-51(40)65-60(42)56)54(38-20-6-2-7-21-38)53(37-18-4-1-5-19-37)55(39-22-8-3-9-23-39)59(46)64-48-29-15-11-27-45(48)57-50(64)35-33-43-41-25-13-17-31-52(41)66-61(43)57/h1-35H. The maximum absolute atomic E-state index is 12.3. The summed E-state index contributed by atoms with van der Waals surface area (Å²) in [5.41, 5.74) is 15.2. The Morgan fingerprint density at radius 2 is 0.682 bits per heavy atom. The molecule has 0 saturated heterocycles. The lowest BCUT2D eigenvalue weighted by Crippen LogP contribution is -2.10. The summed E-state index contributed by atoms with van der Waals surface area (Å²) in [6.07, 6.45) is 0. The van der Waals surface area contributed by atoms with E-state index in [9.17, 15) is 5.26 Å². The number of para-hydroxylation sites is 4. The van der Waals surface area contributed by atoms with E-state index in [0.717, 1.165) is 132 Å². The number of nitrogens with zero attached hydrogens (tertiary/aromatic N) is 3. The lowest BCUT2D eigenvalue weighted by molar-refractivity contribution is 0.672. The molecule has 0 amide bonds. The highest BCUT2D eigenvalue weighted by atomic mass is 16.3. The Kier molecular flexibility index (Phi) is 7.69. The summed E-state index contributed by atoms with van der Waals surface area (Å²) in [5.74, 6) is 0. The van der Waals surface area contributed by atoms with Crippen LogP contribution in [0.25, 0.3) is 132 Å². The average molecular weight is 842 g/mol. The maximum atomic E-state index is 12.3. The second-order valence-corrected chi connectivity index (χ2v) is 17.0. The number of rotatable bonds is 5. The molecule has 0 aliphatic rings. The van der Waals surface area contributed by atoms with E-state index < -0.39 is 0 Å². The summed E-state index contributed by atoms with van der Waals surface area (Å²) in [6, 6.07) is 77.1. The van der Waals surface area contributed by atoms with Crippen LogP contribution in [0.4, 0.5) is 0 Å². The van der Waals surface area contributed by atoms with Crippen molar-refractivity contribution in [3.05, 3.63) is 218 Å². The van der Waals surface area contributed by atoms with Gasteiger partial charge in [-0.2, -0.15) is 5.26 Å². The number of furan rings is 2. The van der Waals surface area contributed by atoms with E-state index in [1.165, 1.54) is 0 Å². The molecule has 0 bridgehead atoms. The van der Waals surface area contributed by atoms with Crippen LogP contribution in [0.3, 0.4) is 0 Å². The first-order valence-corrected chi connectivity index (χ1v) is 22.2. The van der Waals surface area contributed by atoms with Crippen molar-refractivity contribution < 1.29 is 8.83 Å². The predicted octanol–water partition coefficient (Wildman–Crippen LogP) is 16.6. The molecule has 14 rings (SSSR count). The average Bonchev–Trinajstić information content (AvgIpc) is 4.14. The van der Waals surface area contributed by atoms with Gasteiger partial charge in [-0.15, -0.1) is 0 Å². The van der Waals surface area contributed by atoms with Crippen LogP contribution in [0.5, 0.6) is 0 Å². The summed E-state index contributed by atoms with van der Waals surface area (Å²) < 4.78 is 18.3. The van der Waals surface area contributed by atoms with Crippen LogP contribution in [0, 0.1) is 11.3 Å². The number of aromatic nitrogens is 2. The van der Waals surface area contributed by atoms with E-state index in [1.54, 1.807) is 0 Å². The van der Waals surface area contributed by atoms with E-state index in [2.05, 4.69) is 203 Å². The molecule has 5 nitrogen and oxygen atoms in total. The van der Waals surface area contributed by atoms with E-state index in [-0.39, 0.29) is 0 Å². The Balaban J connectivity index is 1.26. The predicted molar refractivity (Wildman–Crippen MR) is 271 cm³/mol. The highest BCUT2D eigenvalue weighted by Gasteiger charge is 2.33. The third kappa shape index (κ3) is 4.98. The zero-order chi connectivity index (χ0) is 43.5. The van der Waals surface area contributed by atoms with Crippen LogP contribution in [0.1, 0.15) is 5.56 Å². The summed E-state index contributed by atoms with van der Waals surface area (Å²) in [6.45, 7) is 0.